The molecule has 0 aliphatic rings. The highest BCUT2D eigenvalue weighted by atomic mass is 19.3. The maximum atomic E-state index is 14.2. The number of nitrogens with zero attached hydrogens (tertiary/aromatic N) is 1. The molecule has 2 rings (SSSR count). The van der Waals surface area contributed by atoms with Crippen LogP contribution in [-0.2, 0) is 11.3 Å². The molecule has 2 aromatic carbocycles. The normalized spacial score (nSPS) is 12.5. The number of aliphatic hydroxyl groups excluding tert-OH is 1. The lowest BCUT2D eigenvalue weighted by molar-refractivity contribution is -0.384. The molecular weight excluding hydrogens is 320 g/mol. The lowest BCUT2D eigenvalue weighted by Gasteiger charge is -2.24. The van der Waals surface area contributed by atoms with Gasteiger partial charge >= 0.3 is 5.92 Å². The number of hydrogen-bond acceptors (Lipinski definition) is 4. The van der Waals surface area contributed by atoms with Gasteiger partial charge in [-0.1, -0.05) is 36.9 Å². The Labute approximate surface area is 137 Å². The zero-order valence-electron chi connectivity index (χ0n) is 12.6. The van der Waals surface area contributed by atoms with E-state index in [0.717, 1.165) is 24.3 Å². The van der Waals surface area contributed by atoms with Gasteiger partial charge in [0.15, 0.2) is 11.9 Å². The summed E-state index contributed by atoms with van der Waals surface area (Å²) in [7, 11) is 0. The van der Waals surface area contributed by atoms with Gasteiger partial charge in [-0.2, -0.15) is 8.78 Å². The number of hydrogen-bond donors (Lipinski definition) is 1. The summed E-state index contributed by atoms with van der Waals surface area (Å²) >= 11 is 0. The van der Waals surface area contributed by atoms with Gasteiger partial charge < -0.3 is 9.84 Å². The van der Waals surface area contributed by atoms with Crippen molar-refractivity contribution < 1.29 is 23.5 Å². The minimum atomic E-state index is -3.75. The first kappa shape index (κ1) is 17.6. The third kappa shape index (κ3) is 3.94. The molecule has 0 aromatic heterocycles. The van der Waals surface area contributed by atoms with E-state index in [-0.39, 0.29) is 17.9 Å². The summed E-state index contributed by atoms with van der Waals surface area (Å²) in [6.45, 7) is 3.08. The van der Waals surface area contributed by atoms with Crippen molar-refractivity contribution in [3.05, 3.63) is 88.2 Å². The number of nitro benzene ring substituents is 1. The Morgan fingerprint density at radius 3 is 2.33 bits per heavy atom. The van der Waals surface area contributed by atoms with Crippen molar-refractivity contribution in [3.63, 3.8) is 0 Å². The number of aliphatic hydroxyl groups is 1. The molecule has 126 valence electrons. The second-order valence-corrected chi connectivity index (χ2v) is 5.07. The molecule has 0 aliphatic heterocycles. The Morgan fingerprint density at radius 1 is 1.21 bits per heavy atom. The molecule has 7 heteroatoms. The Morgan fingerprint density at radius 2 is 1.79 bits per heavy atom. The van der Waals surface area contributed by atoms with E-state index < -0.39 is 22.7 Å². The zero-order valence-corrected chi connectivity index (χ0v) is 12.6. The Hall–Kier alpha value is -2.80. The van der Waals surface area contributed by atoms with Crippen LogP contribution in [0, 0.1) is 10.1 Å². The number of ether oxygens (including phenoxy) is 1. The van der Waals surface area contributed by atoms with E-state index in [4.69, 9.17) is 4.74 Å². The Kier molecular flexibility index (Phi) is 5.25. The second kappa shape index (κ2) is 7.18. The van der Waals surface area contributed by atoms with Crippen molar-refractivity contribution in [2.75, 3.05) is 0 Å². The van der Waals surface area contributed by atoms with E-state index >= 15 is 0 Å². The smallest absolute Gasteiger partial charge is 0.332 e. The predicted octanol–water partition coefficient (Wildman–Crippen LogP) is 3.99. The molecule has 0 aliphatic carbocycles. The van der Waals surface area contributed by atoms with Crippen LogP contribution in [0.2, 0.25) is 0 Å². The van der Waals surface area contributed by atoms with Crippen LogP contribution >= 0.6 is 0 Å². The third-order valence-electron chi connectivity index (χ3n) is 3.39. The highest BCUT2D eigenvalue weighted by Gasteiger charge is 2.44. The summed E-state index contributed by atoms with van der Waals surface area (Å²) in [5, 5.41) is 20.5. The summed E-state index contributed by atoms with van der Waals surface area (Å²) in [5.41, 5.74) is 0.253. The molecule has 1 unspecified atom stereocenters. The average molecular weight is 335 g/mol. The molecule has 0 amide bonds. The van der Waals surface area contributed by atoms with E-state index in [1.165, 1.54) is 0 Å². The van der Waals surface area contributed by atoms with Crippen molar-refractivity contribution in [1.82, 2.24) is 0 Å². The monoisotopic (exact) mass is 335 g/mol. The summed E-state index contributed by atoms with van der Waals surface area (Å²) in [6.07, 6.45) is -2.22. The van der Waals surface area contributed by atoms with Crippen LogP contribution in [-0.4, -0.2) is 16.0 Å². The van der Waals surface area contributed by atoms with Gasteiger partial charge in [-0.05, 0) is 23.3 Å². The van der Waals surface area contributed by atoms with Crippen LogP contribution in [0.5, 0.6) is 0 Å². The highest BCUT2D eigenvalue weighted by molar-refractivity contribution is 5.35. The van der Waals surface area contributed by atoms with Crippen molar-refractivity contribution in [3.8, 4) is 0 Å². The molecule has 5 nitrogen and oxygen atoms in total. The Bertz CT molecular complexity index is 717. The van der Waals surface area contributed by atoms with E-state index in [2.05, 4.69) is 6.58 Å². The minimum absolute atomic E-state index is 0.109. The molecule has 0 fully saturated rings. The second-order valence-electron chi connectivity index (χ2n) is 5.07. The SMILES string of the molecule is C=C(OCc1ccccc1)C(F)(F)C(O)c1ccc([N+](=O)[O-])cc1. The molecular formula is C17H15F2NO4. The van der Waals surface area contributed by atoms with Crippen LogP contribution in [0.15, 0.2) is 66.9 Å². The number of alkyl halides is 2. The van der Waals surface area contributed by atoms with Gasteiger partial charge in [0.05, 0.1) is 4.92 Å². The van der Waals surface area contributed by atoms with Gasteiger partial charge in [-0.3, -0.25) is 10.1 Å². The molecule has 0 radical (unpaired) electrons. The van der Waals surface area contributed by atoms with Crippen molar-refractivity contribution in [1.29, 1.82) is 0 Å². The minimum Gasteiger partial charge on any atom is -0.487 e. The number of nitro groups is 1. The number of non-ortho nitro benzene ring substituents is 1. The molecule has 0 spiro atoms. The fraction of sp³-hybridized carbons (Fsp3) is 0.176. The molecule has 24 heavy (non-hydrogen) atoms. The first-order chi connectivity index (χ1) is 11.3. The molecule has 1 N–H and O–H groups in total. The largest absolute Gasteiger partial charge is 0.487 e. The molecule has 2 aromatic rings. The molecule has 0 bridgehead atoms. The van der Waals surface area contributed by atoms with Crippen LogP contribution in [0.1, 0.15) is 17.2 Å². The number of halogens is 2. The predicted molar refractivity (Wildman–Crippen MR) is 83.4 cm³/mol. The maximum absolute atomic E-state index is 14.2. The van der Waals surface area contributed by atoms with Gasteiger partial charge in [-0.15, -0.1) is 0 Å². The standard InChI is InChI=1S/C17H15F2NO4/c1-12(24-11-13-5-3-2-4-6-13)17(18,19)16(21)14-7-9-15(10-8-14)20(22)23/h2-10,16,21H,1,11H2. The highest BCUT2D eigenvalue weighted by Crippen LogP contribution is 2.38. The first-order valence-corrected chi connectivity index (χ1v) is 6.98. The van der Waals surface area contributed by atoms with Gasteiger partial charge in [0, 0.05) is 12.1 Å². The first-order valence-electron chi connectivity index (χ1n) is 6.98. The van der Waals surface area contributed by atoms with E-state index in [0.29, 0.717) is 5.56 Å². The lowest BCUT2D eigenvalue weighted by Crippen LogP contribution is -2.29. The summed E-state index contributed by atoms with van der Waals surface area (Å²) in [6, 6.07) is 12.9. The topological polar surface area (TPSA) is 72.6 Å². The fourth-order valence-electron chi connectivity index (χ4n) is 1.98. The lowest BCUT2D eigenvalue weighted by atomic mass is 10.0. The molecule has 0 saturated heterocycles. The molecule has 0 heterocycles. The van der Waals surface area contributed by atoms with E-state index in [1.54, 1.807) is 30.3 Å². The van der Waals surface area contributed by atoms with Crippen molar-refractivity contribution in [2.45, 2.75) is 18.6 Å². The van der Waals surface area contributed by atoms with E-state index in [1.807, 2.05) is 0 Å². The summed E-state index contributed by atoms with van der Waals surface area (Å²) in [5.74, 6) is -4.62. The van der Waals surface area contributed by atoms with Crippen LogP contribution < -0.4 is 0 Å². The maximum Gasteiger partial charge on any atom is 0.332 e. The van der Waals surface area contributed by atoms with Gasteiger partial charge in [-0.25, -0.2) is 0 Å². The summed E-state index contributed by atoms with van der Waals surface area (Å²) in [4.78, 5) is 9.91. The average Bonchev–Trinajstić information content (AvgIpc) is 2.59. The van der Waals surface area contributed by atoms with Crippen LogP contribution in [0.3, 0.4) is 0 Å². The number of benzene rings is 2. The van der Waals surface area contributed by atoms with Crippen molar-refractivity contribution in [2.24, 2.45) is 0 Å². The van der Waals surface area contributed by atoms with Crippen LogP contribution in [0.25, 0.3) is 0 Å². The van der Waals surface area contributed by atoms with Crippen LogP contribution in [0.4, 0.5) is 14.5 Å². The quantitative estimate of drug-likeness (QED) is 0.472. The molecule has 0 saturated carbocycles. The fourth-order valence-corrected chi connectivity index (χ4v) is 1.98. The number of rotatable bonds is 7. The Balaban J connectivity index is 2.06. The molecule has 1 atom stereocenters. The van der Waals surface area contributed by atoms with Crippen molar-refractivity contribution >= 4 is 5.69 Å². The van der Waals surface area contributed by atoms with Gasteiger partial charge in [0.25, 0.3) is 5.69 Å². The zero-order chi connectivity index (χ0) is 17.7. The van der Waals surface area contributed by atoms with Gasteiger partial charge in [0.2, 0.25) is 0 Å². The summed E-state index contributed by atoms with van der Waals surface area (Å²) < 4.78 is 33.5. The van der Waals surface area contributed by atoms with E-state index in [9.17, 15) is 24.0 Å². The van der Waals surface area contributed by atoms with Gasteiger partial charge in [0.1, 0.15) is 6.61 Å². The third-order valence-corrected chi connectivity index (χ3v) is 3.39.